The van der Waals surface area contributed by atoms with Crippen LogP contribution >= 0.6 is 0 Å². The third kappa shape index (κ3) is 3.78. The summed E-state index contributed by atoms with van der Waals surface area (Å²) in [6.45, 7) is 4.14. The number of benzene rings is 2. The van der Waals surface area contributed by atoms with Gasteiger partial charge in [-0.2, -0.15) is 0 Å². The molecule has 0 aliphatic rings. The van der Waals surface area contributed by atoms with E-state index >= 15 is 0 Å². The molecule has 0 aromatic heterocycles. The Labute approximate surface area is 117 Å². The van der Waals surface area contributed by atoms with Crippen molar-refractivity contribution >= 4 is 5.69 Å². The second kappa shape index (κ2) is 6.48. The Balaban J connectivity index is 2.07. The van der Waals surface area contributed by atoms with Crippen LogP contribution in [0.4, 0.5) is 14.5 Å². The van der Waals surface area contributed by atoms with Gasteiger partial charge in [0.15, 0.2) is 11.6 Å². The first-order chi connectivity index (χ1) is 9.58. The summed E-state index contributed by atoms with van der Waals surface area (Å²) in [6.07, 6.45) is 0. The van der Waals surface area contributed by atoms with Crippen LogP contribution in [0.2, 0.25) is 0 Å². The fourth-order valence-corrected chi connectivity index (χ4v) is 2.13. The van der Waals surface area contributed by atoms with E-state index in [0.717, 1.165) is 29.9 Å². The lowest BCUT2D eigenvalue weighted by Gasteiger charge is -2.21. The molecule has 2 rings (SSSR count). The van der Waals surface area contributed by atoms with Crippen LogP contribution in [0.3, 0.4) is 0 Å². The molecule has 0 aliphatic heterocycles. The predicted octanol–water partition coefficient (Wildman–Crippen LogP) is 3.57. The van der Waals surface area contributed by atoms with Crippen LogP contribution in [0.15, 0.2) is 42.5 Å². The van der Waals surface area contributed by atoms with Gasteiger partial charge in [-0.1, -0.05) is 25.1 Å². The quantitative estimate of drug-likeness (QED) is 0.846. The van der Waals surface area contributed by atoms with Gasteiger partial charge in [-0.25, -0.2) is 8.78 Å². The molecule has 0 saturated carbocycles. The van der Waals surface area contributed by atoms with Crippen LogP contribution in [0.25, 0.3) is 0 Å². The molecule has 0 unspecified atom stereocenters. The number of nitrogen functional groups attached to an aromatic ring is 1. The smallest absolute Gasteiger partial charge is 0.159 e. The molecule has 0 bridgehead atoms. The van der Waals surface area contributed by atoms with Crippen LogP contribution in [0.1, 0.15) is 18.1 Å². The zero-order chi connectivity index (χ0) is 14.5. The van der Waals surface area contributed by atoms with Crippen LogP contribution in [-0.4, -0.2) is 11.4 Å². The number of rotatable bonds is 5. The highest BCUT2D eigenvalue weighted by Crippen LogP contribution is 2.14. The van der Waals surface area contributed by atoms with E-state index in [0.29, 0.717) is 6.54 Å². The summed E-state index contributed by atoms with van der Waals surface area (Å²) in [6, 6.07) is 11.7. The number of nitrogens with two attached hydrogens (primary N) is 1. The maximum absolute atomic E-state index is 13.2. The summed E-state index contributed by atoms with van der Waals surface area (Å²) in [5.41, 5.74) is 8.35. The highest BCUT2D eigenvalue weighted by atomic mass is 19.2. The van der Waals surface area contributed by atoms with E-state index in [2.05, 4.69) is 4.90 Å². The monoisotopic (exact) mass is 276 g/mol. The van der Waals surface area contributed by atoms with E-state index in [1.807, 2.05) is 31.2 Å². The zero-order valence-corrected chi connectivity index (χ0v) is 11.4. The third-order valence-corrected chi connectivity index (χ3v) is 3.19. The summed E-state index contributed by atoms with van der Waals surface area (Å²) in [5.74, 6) is -1.62. The second-order valence-electron chi connectivity index (χ2n) is 4.80. The average Bonchev–Trinajstić information content (AvgIpc) is 2.42. The van der Waals surface area contributed by atoms with E-state index < -0.39 is 11.6 Å². The topological polar surface area (TPSA) is 29.3 Å². The minimum atomic E-state index is -0.812. The maximum Gasteiger partial charge on any atom is 0.159 e. The van der Waals surface area contributed by atoms with Crippen LogP contribution < -0.4 is 5.73 Å². The van der Waals surface area contributed by atoms with Gasteiger partial charge in [0, 0.05) is 18.8 Å². The van der Waals surface area contributed by atoms with Crippen molar-refractivity contribution in [2.24, 2.45) is 0 Å². The summed E-state index contributed by atoms with van der Waals surface area (Å²) < 4.78 is 26.1. The Kier molecular flexibility index (Phi) is 4.69. The molecule has 0 heterocycles. The summed E-state index contributed by atoms with van der Waals surface area (Å²) in [4.78, 5) is 2.14. The predicted molar refractivity (Wildman–Crippen MR) is 77.0 cm³/mol. The van der Waals surface area contributed by atoms with Gasteiger partial charge in [-0.15, -0.1) is 0 Å². The van der Waals surface area contributed by atoms with E-state index in [1.165, 1.54) is 12.1 Å². The van der Waals surface area contributed by atoms with Crippen molar-refractivity contribution < 1.29 is 8.78 Å². The Hall–Kier alpha value is -1.94. The van der Waals surface area contributed by atoms with Gasteiger partial charge in [-0.05, 0) is 41.9 Å². The van der Waals surface area contributed by atoms with E-state index in [-0.39, 0.29) is 0 Å². The Morgan fingerprint density at radius 3 is 2.25 bits per heavy atom. The lowest BCUT2D eigenvalue weighted by Crippen LogP contribution is -2.22. The fraction of sp³-hybridized carbons (Fsp3) is 0.250. The molecule has 0 aliphatic carbocycles. The maximum atomic E-state index is 13.2. The van der Waals surface area contributed by atoms with E-state index in [1.54, 1.807) is 6.07 Å². The first-order valence-corrected chi connectivity index (χ1v) is 6.59. The molecule has 2 aromatic carbocycles. The van der Waals surface area contributed by atoms with Crippen LogP contribution in [-0.2, 0) is 13.1 Å². The lowest BCUT2D eigenvalue weighted by molar-refractivity contribution is 0.271. The van der Waals surface area contributed by atoms with Gasteiger partial charge in [0.05, 0.1) is 0 Å². The van der Waals surface area contributed by atoms with Gasteiger partial charge >= 0.3 is 0 Å². The molecule has 0 fully saturated rings. The highest BCUT2D eigenvalue weighted by Gasteiger charge is 2.08. The lowest BCUT2D eigenvalue weighted by atomic mass is 10.1. The molecular formula is C16H18F2N2. The second-order valence-corrected chi connectivity index (χ2v) is 4.80. The Morgan fingerprint density at radius 2 is 1.65 bits per heavy atom. The molecule has 0 amide bonds. The minimum absolute atomic E-state index is 0.572. The summed E-state index contributed by atoms with van der Waals surface area (Å²) in [5, 5.41) is 0. The largest absolute Gasteiger partial charge is 0.399 e. The molecule has 0 spiro atoms. The van der Waals surface area contributed by atoms with Crippen molar-refractivity contribution in [3.63, 3.8) is 0 Å². The molecule has 0 saturated heterocycles. The van der Waals surface area contributed by atoms with Crippen molar-refractivity contribution in [2.45, 2.75) is 20.0 Å². The fourth-order valence-electron chi connectivity index (χ4n) is 2.13. The molecule has 106 valence electrons. The van der Waals surface area contributed by atoms with Crippen molar-refractivity contribution in [3.8, 4) is 0 Å². The van der Waals surface area contributed by atoms with Crippen molar-refractivity contribution in [1.82, 2.24) is 4.90 Å². The van der Waals surface area contributed by atoms with Crippen molar-refractivity contribution in [1.29, 1.82) is 0 Å². The number of hydrogen-bond donors (Lipinski definition) is 1. The molecule has 2 nitrogen and oxygen atoms in total. The van der Waals surface area contributed by atoms with Gasteiger partial charge < -0.3 is 5.73 Å². The SMILES string of the molecule is CCN(Cc1cccc(N)c1)Cc1ccc(F)c(F)c1. The Bertz CT molecular complexity index is 584. The van der Waals surface area contributed by atoms with E-state index in [4.69, 9.17) is 5.73 Å². The van der Waals surface area contributed by atoms with Crippen LogP contribution in [0.5, 0.6) is 0 Å². The van der Waals surface area contributed by atoms with Crippen molar-refractivity contribution in [3.05, 3.63) is 65.2 Å². The normalized spacial score (nSPS) is 11.0. The number of nitrogens with zero attached hydrogens (tertiary/aromatic N) is 1. The van der Waals surface area contributed by atoms with Crippen LogP contribution in [0, 0.1) is 11.6 Å². The van der Waals surface area contributed by atoms with E-state index in [9.17, 15) is 8.78 Å². The van der Waals surface area contributed by atoms with Gasteiger partial charge in [-0.3, -0.25) is 4.90 Å². The molecule has 0 atom stereocenters. The van der Waals surface area contributed by atoms with Gasteiger partial charge in [0.25, 0.3) is 0 Å². The van der Waals surface area contributed by atoms with Crippen molar-refractivity contribution in [2.75, 3.05) is 12.3 Å². The number of hydrogen-bond acceptors (Lipinski definition) is 2. The minimum Gasteiger partial charge on any atom is -0.399 e. The summed E-state index contributed by atoms with van der Waals surface area (Å²) in [7, 11) is 0. The number of halogens is 2. The first kappa shape index (κ1) is 14.5. The molecule has 2 N–H and O–H groups in total. The molecule has 2 aromatic rings. The Morgan fingerprint density at radius 1 is 0.950 bits per heavy atom. The standard InChI is InChI=1S/C16H18F2N2/c1-2-20(10-12-4-3-5-14(19)8-12)11-13-6-7-15(17)16(18)9-13/h3-9H,2,10-11,19H2,1H3. The van der Waals surface area contributed by atoms with Gasteiger partial charge in [0.2, 0.25) is 0 Å². The molecule has 4 heteroatoms. The number of anilines is 1. The summed E-state index contributed by atoms with van der Waals surface area (Å²) >= 11 is 0. The molecule has 0 radical (unpaired) electrons. The van der Waals surface area contributed by atoms with Gasteiger partial charge in [0.1, 0.15) is 0 Å². The average molecular weight is 276 g/mol. The molecular weight excluding hydrogens is 258 g/mol. The highest BCUT2D eigenvalue weighted by molar-refractivity contribution is 5.40. The zero-order valence-electron chi connectivity index (χ0n) is 11.4. The molecule has 20 heavy (non-hydrogen) atoms. The third-order valence-electron chi connectivity index (χ3n) is 3.19. The first-order valence-electron chi connectivity index (χ1n) is 6.59.